The van der Waals surface area contributed by atoms with Crippen LogP contribution in [0.15, 0.2) is 42.5 Å². The van der Waals surface area contributed by atoms with Crippen LogP contribution in [-0.4, -0.2) is 44.0 Å². The zero-order chi connectivity index (χ0) is 20.5. The molecule has 0 unspecified atom stereocenters. The van der Waals surface area contributed by atoms with Crippen LogP contribution in [0.2, 0.25) is 0 Å². The van der Waals surface area contributed by atoms with Gasteiger partial charge >= 0.3 is 5.69 Å². The van der Waals surface area contributed by atoms with Crippen LogP contribution in [0.1, 0.15) is 15.9 Å². The standard InChI is InChI=1S/C19H21N3O6/c1-27-15-6-3-13(4-7-15)9-10-20-18(23)12-21-19(24)14-5-8-17(28-2)16(11-14)22(25)26/h3-8,11H,9-10,12H2,1-2H3,(H,20,23)(H,21,24). The van der Waals surface area contributed by atoms with Crippen molar-refractivity contribution in [1.29, 1.82) is 0 Å². The van der Waals surface area contributed by atoms with E-state index in [2.05, 4.69) is 10.6 Å². The Morgan fingerprint density at radius 2 is 1.75 bits per heavy atom. The molecule has 0 aromatic heterocycles. The second-order valence-electron chi connectivity index (χ2n) is 5.77. The van der Waals surface area contributed by atoms with E-state index in [9.17, 15) is 19.7 Å². The van der Waals surface area contributed by atoms with Crippen molar-refractivity contribution in [3.8, 4) is 11.5 Å². The van der Waals surface area contributed by atoms with Crippen molar-refractivity contribution in [3.05, 3.63) is 63.7 Å². The van der Waals surface area contributed by atoms with Crippen LogP contribution in [0, 0.1) is 10.1 Å². The Bertz CT molecular complexity index is 851. The van der Waals surface area contributed by atoms with E-state index in [0.29, 0.717) is 13.0 Å². The number of amides is 2. The van der Waals surface area contributed by atoms with Crippen LogP contribution in [0.3, 0.4) is 0 Å². The van der Waals surface area contributed by atoms with Gasteiger partial charge in [0.1, 0.15) is 5.75 Å². The number of hydrogen-bond donors (Lipinski definition) is 2. The summed E-state index contributed by atoms with van der Waals surface area (Å²) in [5, 5.41) is 16.2. The predicted molar refractivity (Wildman–Crippen MR) is 102 cm³/mol. The highest BCUT2D eigenvalue weighted by Gasteiger charge is 2.18. The first kappa shape index (κ1) is 20.7. The third-order valence-corrected chi connectivity index (χ3v) is 3.94. The molecule has 0 spiro atoms. The topological polar surface area (TPSA) is 120 Å². The van der Waals surface area contributed by atoms with Gasteiger partial charge in [-0.15, -0.1) is 0 Å². The Morgan fingerprint density at radius 3 is 2.36 bits per heavy atom. The second-order valence-corrected chi connectivity index (χ2v) is 5.77. The lowest BCUT2D eigenvalue weighted by molar-refractivity contribution is -0.385. The fourth-order valence-electron chi connectivity index (χ4n) is 2.44. The van der Waals surface area contributed by atoms with E-state index in [-0.39, 0.29) is 29.5 Å². The maximum atomic E-state index is 12.1. The molecule has 9 nitrogen and oxygen atoms in total. The lowest BCUT2D eigenvalue weighted by Gasteiger charge is -2.08. The summed E-state index contributed by atoms with van der Waals surface area (Å²) in [6.45, 7) is 0.177. The zero-order valence-corrected chi connectivity index (χ0v) is 15.6. The van der Waals surface area contributed by atoms with E-state index < -0.39 is 10.8 Å². The molecule has 0 bridgehead atoms. The summed E-state index contributed by atoms with van der Waals surface area (Å²) in [6, 6.07) is 11.3. The summed E-state index contributed by atoms with van der Waals surface area (Å²) in [4.78, 5) is 34.4. The largest absolute Gasteiger partial charge is 0.497 e. The minimum Gasteiger partial charge on any atom is -0.497 e. The number of benzene rings is 2. The van der Waals surface area contributed by atoms with Gasteiger partial charge in [-0.25, -0.2) is 0 Å². The van der Waals surface area contributed by atoms with Gasteiger partial charge < -0.3 is 20.1 Å². The van der Waals surface area contributed by atoms with Crippen LogP contribution in [0.5, 0.6) is 11.5 Å². The highest BCUT2D eigenvalue weighted by atomic mass is 16.6. The second kappa shape index (κ2) is 9.91. The molecule has 2 N–H and O–H groups in total. The average Bonchev–Trinajstić information content (AvgIpc) is 2.71. The highest BCUT2D eigenvalue weighted by molar-refractivity contribution is 5.97. The molecule has 9 heteroatoms. The van der Waals surface area contributed by atoms with Gasteiger partial charge in [-0.05, 0) is 36.2 Å². The predicted octanol–water partition coefficient (Wildman–Crippen LogP) is 1.70. The Hall–Kier alpha value is -3.62. The van der Waals surface area contributed by atoms with Crippen molar-refractivity contribution in [2.75, 3.05) is 27.3 Å². The minimum absolute atomic E-state index is 0.0535. The molecular weight excluding hydrogens is 366 g/mol. The number of nitrogens with one attached hydrogen (secondary N) is 2. The van der Waals surface area contributed by atoms with Crippen molar-refractivity contribution >= 4 is 17.5 Å². The Kier molecular flexibility index (Phi) is 7.32. The molecule has 0 saturated carbocycles. The van der Waals surface area contributed by atoms with Gasteiger partial charge in [0.05, 0.1) is 25.7 Å². The molecule has 2 amide bonds. The Balaban J connectivity index is 1.81. The molecule has 2 rings (SSSR count). The number of hydrogen-bond acceptors (Lipinski definition) is 6. The Morgan fingerprint density at radius 1 is 1.04 bits per heavy atom. The van der Waals surface area contributed by atoms with Crippen LogP contribution in [0.4, 0.5) is 5.69 Å². The summed E-state index contributed by atoms with van der Waals surface area (Å²) in [5.41, 5.74) is 0.785. The third kappa shape index (κ3) is 5.70. The molecule has 0 radical (unpaired) electrons. The molecular formula is C19H21N3O6. The summed E-state index contributed by atoms with van der Waals surface area (Å²) in [5.74, 6) is -0.131. The average molecular weight is 387 g/mol. The van der Waals surface area contributed by atoms with E-state index in [0.717, 1.165) is 17.4 Å². The lowest BCUT2D eigenvalue weighted by atomic mass is 10.1. The molecule has 0 aliphatic carbocycles. The van der Waals surface area contributed by atoms with E-state index in [1.165, 1.54) is 19.2 Å². The lowest BCUT2D eigenvalue weighted by Crippen LogP contribution is -2.37. The number of nitro benzene ring substituents is 1. The van der Waals surface area contributed by atoms with Gasteiger partial charge in [0, 0.05) is 18.2 Å². The van der Waals surface area contributed by atoms with Gasteiger partial charge in [0.15, 0.2) is 5.75 Å². The summed E-state index contributed by atoms with van der Waals surface area (Å²) in [7, 11) is 2.89. The fourth-order valence-corrected chi connectivity index (χ4v) is 2.44. The first-order chi connectivity index (χ1) is 13.4. The van der Waals surface area contributed by atoms with Gasteiger partial charge in [-0.2, -0.15) is 0 Å². The van der Waals surface area contributed by atoms with E-state index in [1.54, 1.807) is 7.11 Å². The zero-order valence-electron chi connectivity index (χ0n) is 15.6. The van der Waals surface area contributed by atoms with Crippen LogP contribution >= 0.6 is 0 Å². The first-order valence-electron chi connectivity index (χ1n) is 8.45. The van der Waals surface area contributed by atoms with Crippen molar-refractivity contribution in [2.24, 2.45) is 0 Å². The molecule has 2 aromatic carbocycles. The molecule has 0 saturated heterocycles. The van der Waals surface area contributed by atoms with Gasteiger partial charge in [-0.1, -0.05) is 12.1 Å². The maximum absolute atomic E-state index is 12.1. The van der Waals surface area contributed by atoms with Crippen LogP contribution < -0.4 is 20.1 Å². The third-order valence-electron chi connectivity index (χ3n) is 3.94. The Labute approximate surface area is 161 Å². The fraction of sp³-hybridized carbons (Fsp3) is 0.263. The van der Waals surface area contributed by atoms with E-state index in [1.807, 2.05) is 24.3 Å². The van der Waals surface area contributed by atoms with Crippen molar-refractivity contribution < 1.29 is 24.0 Å². The maximum Gasteiger partial charge on any atom is 0.311 e. The molecule has 0 aliphatic rings. The molecule has 0 fully saturated rings. The number of nitrogens with zero attached hydrogens (tertiary/aromatic N) is 1. The van der Waals surface area contributed by atoms with Crippen LogP contribution in [-0.2, 0) is 11.2 Å². The van der Waals surface area contributed by atoms with Crippen LogP contribution in [0.25, 0.3) is 0 Å². The van der Waals surface area contributed by atoms with Crippen molar-refractivity contribution in [2.45, 2.75) is 6.42 Å². The molecule has 28 heavy (non-hydrogen) atoms. The summed E-state index contributed by atoms with van der Waals surface area (Å²) < 4.78 is 9.97. The normalized spacial score (nSPS) is 10.1. The minimum atomic E-state index is -0.637. The molecule has 148 valence electrons. The first-order valence-corrected chi connectivity index (χ1v) is 8.45. The van der Waals surface area contributed by atoms with Gasteiger partial charge in [0.25, 0.3) is 5.91 Å². The van der Waals surface area contributed by atoms with E-state index >= 15 is 0 Å². The van der Waals surface area contributed by atoms with Crippen molar-refractivity contribution in [1.82, 2.24) is 10.6 Å². The summed E-state index contributed by atoms with van der Waals surface area (Å²) >= 11 is 0. The smallest absolute Gasteiger partial charge is 0.311 e. The number of nitro groups is 1. The van der Waals surface area contributed by atoms with Gasteiger partial charge in [-0.3, -0.25) is 19.7 Å². The SMILES string of the molecule is COc1ccc(CCNC(=O)CNC(=O)c2ccc(OC)c([N+](=O)[O-])c2)cc1. The van der Waals surface area contributed by atoms with Crippen molar-refractivity contribution in [3.63, 3.8) is 0 Å². The highest BCUT2D eigenvalue weighted by Crippen LogP contribution is 2.27. The number of carbonyl (C=O) groups excluding carboxylic acids is 2. The van der Waals surface area contributed by atoms with E-state index in [4.69, 9.17) is 9.47 Å². The molecule has 0 heterocycles. The molecule has 2 aromatic rings. The quantitative estimate of drug-likeness (QED) is 0.499. The van der Waals surface area contributed by atoms with Gasteiger partial charge in [0.2, 0.25) is 5.91 Å². The number of methoxy groups -OCH3 is 2. The molecule has 0 atom stereocenters. The molecule has 0 aliphatic heterocycles. The number of ether oxygens (including phenoxy) is 2. The number of carbonyl (C=O) groups is 2. The number of rotatable bonds is 9. The monoisotopic (exact) mass is 387 g/mol. The summed E-state index contributed by atoms with van der Waals surface area (Å²) in [6.07, 6.45) is 0.633.